The molecule has 0 saturated carbocycles. The van der Waals surface area contributed by atoms with Gasteiger partial charge in [0.25, 0.3) is 5.69 Å². The maximum Gasteiger partial charge on any atom is 0.322 e. The van der Waals surface area contributed by atoms with Gasteiger partial charge in [-0.3, -0.25) is 14.9 Å². The molecule has 1 aromatic rings. The van der Waals surface area contributed by atoms with Crippen LogP contribution in [-0.2, 0) is 4.79 Å². The Bertz CT molecular complexity index is 447. The van der Waals surface area contributed by atoms with Crippen LogP contribution in [0.5, 0.6) is 0 Å². The molecule has 0 atom stereocenters. The van der Waals surface area contributed by atoms with E-state index in [1.54, 1.807) is 6.92 Å². The zero-order valence-corrected chi connectivity index (χ0v) is 9.94. The molecule has 0 aliphatic carbocycles. The van der Waals surface area contributed by atoms with Crippen LogP contribution in [0.2, 0.25) is 0 Å². The molecule has 86 valence electrons. The first-order valence-corrected chi connectivity index (χ1v) is 5.11. The molecule has 0 amide bonds. The molecule has 7 heteroatoms. The van der Waals surface area contributed by atoms with E-state index in [9.17, 15) is 14.9 Å². The number of rotatable bonds is 4. The van der Waals surface area contributed by atoms with Crippen molar-refractivity contribution in [3.8, 4) is 0 Å². The summed E-state index contributed by atoms with van der Waals surface area (Å²) in [7, 11) is 0. The quantitative estimate of drug-likeness (QED) is 0.654. The van der Waals surface area contributed by atoms with Crippen molar-refractivity contribution in [1.82, 2.24) is 0 Å². The summed E-state index contributed by atoms with van der Waals surface area (Å²) in [6.07, 6.45) is 0. The molecule has 0 spiro atoms. The minimum Gasteiger partial charge on any atom is -0.480 e. The maximum absolute atomic E-state index is 10.6. The number of hydrogen-bond acceptors (Lipinski definition) is 4. The lowest BCUT2D eigenvalue weighted by atomic mass is 10.2. The largest absolute Gasteiger partial charge is 0.480 e. The van der Waals surface area contributed by atoms with Crippen LogP contribution < -0.4 is 5.32 Å². The molecule has 0 bridgehead atoms. The number of nitrogens with zero attached hydrogens (tertiary/aromatic N) is 1. The van der Waals surface area contributed by atoms with Crippen LogP contribution in [-0.4, -0.2) is 22.5 Å². The van der Waals surface area contributed by atoms with Gasteiger partial charge in [-0.2, -0.15) is 0 Å². The fourth-order valence-electron chi connectivity index (χ4n) is 1.17. The number of carboxylic acid groups (broad SMARTS) is 1. The summed E-state index contributed by atoms with van der Waals surface area (Å²) in [4.78, 5) is 20.5. The second-order valence-electron chi connectivity index (χ2n) is 3.12. The molecule has 1 aromatic carbocycles. The summed E-state index contributed by atoms with van der Waals surface area (Å²) in [5.41, 5.74) is 0.985. The lowest BCUT2D eigenvalue weighted by Gasteiger charge is -2.07. The van der Waals surface area contributed by atoms with Crippen LogP contribution in [0.15, 0.2) is 16.6 Å². The number of aliphatic carboxylic acids is 1. The zero-order chi connectivity index (χ0) is 12.3. The van der Waals surface area contributed by atoms with E-state index in [-0.39, 0.29) is 12.2 Å². The minimum atomic E-state index is -0.997. The average molecular weight is 289 g/mol. The molecule has 1 rings (SSSR count). The number of aryl methyl sites for hydroxylation is 1. The number of carboxylic acids is 1. The Morgan fingerprint density at radius 3 is 2.75 bits per heavy atom. The molecule has 6 nitrogen and oxygen atoms in total. The highest BCUT2D eigenvalue weighted by Gasteiger charge is 2.14. The number of anilines is 1. The molecule has 0 fully saturated rings. The van der Waals surface area contributed by atoms with Gasteiger partial charge in [-0.05, 0) is 28.9 Å². The van der Waals surface area contributed by atoms with Crippen LogP contribution in [0.25, 0.3) is 0 Å². The van der Waals surface area contributed by atoms with E-state index in [1.807, 2.05) is 0 Å². The van der Waals surface area contributed by atoms with Crippen molar-refractivity contribution >= 4 is 33.3 Å². The lowest BCUT2D eigenvalue weighted by molar-refractivity contribution is -0.385. The summed E-state index contributed by atoms with van der Waals surface area (Å²) in [5, 5.41) is 21.8. The van der Waals surface area contributed by atoms with Gasteiger partial charge < -0.3 is 10.4 Å². The van der Waals surface area contributed by atoms with Gasteiger partial charge in [-0.25, -0.2) is 0 Å². The Balaban J connectivity index is 3.01. The third-order valence-corrected chi connectivity index (χ3v) is 2.57. The number of carbonyl (C=O) groups is 1. The second kappa shape index (κ2) is 4.93. The fraction of sp³-hybridized carbons (Fsp3) is 0.222. The molecule has 0 aliphatic rings. The van der Waals surface area contributed by atoms with E-state index in [0.717, 1.165) is 0 Å². The van der Waals surface area contributed by atoms with Crippen molar-refractivity contribution in [3.05, 3.63) is 32.3 Å². The summed E-state index contributed by atoms with van der Waals surface area (Å²) in [5.74, 6) is -0.997. The summed E-state index contributed by atoms with van der Waals surface area (Å²) < 4.78 is 0.464. The van der Waals surface area contributed by atoms with E-state index < -0.39 is 10.9 Å². The van der Waals surface area contributed by atoms with Crippen molar-refractivity contribution in [1.29, 1.82) is 0 Å². The van der Waals surface area contributed by atoms with Gasteiger partial charge in [-0.1, -0.05) is 0 Å². The van der Waals surface area contributed by atoms with Gasteiger partial charge in [0.1, 0.15) is 6.54 Å². The molecule has 0 saturated heterocycles. The Kier molecular flexibility index (Phi) is 3.83. The van der Waals surface area contributed by atoms with Crippen molar-refractivity contribution in [2.24, 2.45) is 0 Å². The molecule has 16 heavy (non-hydrogen) atoms. The minimum absolute atomic E-state index is 0.00671. The highest BCUT2D eigenvalue weighted by atomic mass is 79.9. The van der Waals surface area contributed by atoms with Crippen LogP contribution in [0.3, 0.4) is 0 Å². The van der Waals surface area contributed by atoms with Crippen molar-refractivity contribution in [2.75, 3.05) is 11.9 Å². The third kappa shape index (κ3) is 2.93. The molecular formula is C9H9BrN2O4. The SMILES string of the molecule is Cc1cc(NCC(=O)O)c(Br)cc1[N+](=O)[O-]. The molecule has 0 unspecified atom stereocenters. The third-order valence-electron chi connectivity index (χ3n) is 1.91. The number of nitro benzene ring substituents is 1. The topological polar surface area (TPSA) is 92.5 Å². The Morgan fingerprint density at radius 2 is 2.25 bits per heavy atom. The first-order valence-electron chi connectivity index (χ1n) is 4.32. The predicted molar refractivity (Wildman–Crippen MR) is 61.7 cm³/mol. The van der Waals surface area contributed by atoms with Gasteiger partial charge in [-0.15, -0.1) is 0 Å². The molecule has 0 aromatic heterocycles. The van der Waals surface area contributed by atoms with E-state index in [1.165, 1.54) is 12.1 Å². The molecule has 2 N–H and O–H groups in total. The number of halogens is 1. The van der Waals surface area contributed by atoms with E-state index in [0.29, 0.717) is 15.7 Å². The van der Waals surface area contributed by atoms with Crippen molar-refractivity contribution in [3.63, 3.8) is 0 Å². The van der Waals surface area contributed by atoms with E-state index in [2.05, 4.69) is 21.2 Å². The normalized spacial score (nSPS) is 9.88. The Morgan fingerprint density at radius 1 is 1.62 bits per heavy atom. The second-order valence-corrected chi connectivity index (χ2v) is 3.98. The molecular weight excluding hydrogens is 280 g/mol. The Hall–Kier alpha value is -1.63. The average Bonchev–Trinajstić information content (AvgIpc) is 2.18. The number of benzene rings is 1. The van der Waals surface area contributed by atoms with Crippen LogP contribution in [0, 0.1) is 17.0 Å². The molecule has 0 heterocycles. The lowest BCUT2D eigenvalue weighted by Crippen LogP contribution is -2.12. The van der Waals surface area contributed by atoms with Crippen LogP contribution in [0.1, 0.15) is 5.56 Å². The number of nitro groups is 1. The first-order chi connectivity index (χ1) is 7.41. The molecule has 0 radical (unpaired) electrons. The smallest absolute Gasteiger partial charge is 0.322 e. The highest BCUT2D eigenvalue weighted by molar-refractivity contribution is 9.10. The predicted octanol–water partition coefficient (Wildman–Crippen LogP) is 2.16. The highest BCUT2D eigenvalue weighted by Crippen LogP contribution is 2.30. The van der Waals surface area contributed by atoms with Crippen molar-refractivity contribution in [2.45, 2.75) is 6.92 Å². The maximum atomic E-state index is 10.6. The van der Waals surface area contributed by atoms with Crippen molar-refractivity contribution < 1.29 is 14.8 Å². The van der Waals surface area contributed by atoms with Crippen LogP contribution >= 0.6 is 15.9 Å². The van der Waals surface area contributed by atoms with E-state index >= 15 is 0 Å². The van der Waals surface area contributed by atoms with Gasteiger partial charge in [0, 0.05) is 21.8 Å². The summed E-state index contributed by atoms with van der Waals surface area (Å²) in [6, 6.07) is 2.88. The standard InChI is InChI=1S/C9H9BrN2O4/c1-5-2-7(11-4-9(13)14)6(10)3-8(5)12(15)16/h2-3,11H,4H2,1H3,(H,13,14). The monoisotopic (exact) mass is 288 g/mol. The first kappa shape index (κ1) is 12.4. The van der Waals surface area contributed by atoms with E-state index in [4.69, 9.17) is 5.11 Å². The summed E-state index contributed by atoms with van der Waals surface area (Å²) >= 11 is 3.14. The van der Waals surface area contributed by atoms with Gasteiger partial charge >= 0.3 is 5.97 Å². The molecule has 0 aliphatic heterocycles. The van der Waals surface area contributed by atoms with Gasteiger partial charge in [0.15, 0.2) is 0 Å². The van der Waals surface area contributed by atoms with Gasteiger partial charge in [0.05, 0.1) is 4.92 Å². The fourth-order valence-corrected chi connectivity index (χ4v) is 1.65. The number of hydrogen-bond donors (Lipinski definition) is 2. The number of nitrogens with one attached hydrogen (secondary N) is 1. The van der Waals surface area contributed by atoms with Crippen LogP contribution in [0.4, 0.5) is 11.4 Å². The zero-order valence-electron chi connectivity index (χ0n) is 8.36. The Labute approximate surface area is 99.6 Å². The summed E-state index contributed by atoms with van der Waals surface area (Å²) in [6.45, 7) is 1.35. The van der Waals surface area contributed by atoms with Gasteiger partial charge in [0.2, 0.25) is 0 Å².